The highest BCUT2D eigenvalue weighted by molar-refractivity contribution is 7.92. The van der Waals surface area contributed by atoms with Crippen LogP contribution in [0.5, 0.6) is 0 Å². The van der Waals surface area contributed by atoms with Crippen molar-refractivity contribution in [2.75, 3.05) is 37.6 Å². The van der Waals surface area contributed by atoms with Crippen molar-refractivity contribution in [2.24, 2.45) is 0 Å². The summed E-state index contributed by atoms with van der Waals surface area (Å²) in [6.07, 6.45) is 2.50. The number of hydrogen-bond donors (Lipinski definition) is 1. The van der Waals surface area contributed by atoms with Gasteiger partial charge in [-0.2, -0.15) is 4.31 Å². The molecule has 1 fully saturated rings. The zero-order chi connectivity index (χ0) is 14.9. The number of nitrogens with one attached hydrogen (secondary N) is 1. The Bertz CT molecular complexity index is 638. The van der Waals surface area contributed by atoms with E-state index in [0.717, 1.165) is 36.4 Å². The van der Waals surface area contributed by atoms with Crippen LogP contribution in [0.2, 0.25) is 0 Å². The zero-order valence-corrected chi connectivity index (χ0v) is 12.6. The molecule has 1 aromatic rings. The van der Waals surface area contributed by atoms with Gasteiger partial charge in [-0.1, -0.05) is 6.58 Å². The predicted octanol–water partition coefficient (Wildman–Crippen LogP) is -0.282. The Balaban J connectivity index is 1.77. The maximum atomic E-state index is 11.8. The predicted molar refractivity (Wildman–Crippen MR) is 80.3 cm³/mol. The second-order valence-corrected chi connectivity index (χ2v) is 7.03. The molecule has 8 heteroatoms. The zero-order valence-electron chi connectivity index (χ0n) is 11.8. The Labute approximate surface area is 124 Å². The molecule has 0 atom stereocenters. The first-order valence-corrected chi connectivity index (χ1v) is 8.53. The van der Waals surface area contributed by atoms with Gasteiger partial charge in [0, 0.05) is 43.7 Å². The molecule has 0 radical (unpaired) electrons. The third-order valence-electron chi connectivity index (χ3n) is 3.96. The highest BCUT2D eigenvalue weighted by Gasteiger charge is 2.27. The first-order valence-electron chi connectivity index (χ1n) is 7.03. The fourth-order valence-electron chi connectivity index (χ4n) is 2.80. The van der Waals surface area contributed by atoms with Crippen molar-refractivity contribution in [2.45, 2.75) is 13.0 Å². The smallest absolute Gasteiger partial charge is 0.235 e. The van der Waals surface area contributed by atoms with Gasteiger partial charge in [0.05, 0.1) is 5.69 Å². The minimum atomic E-state index is -3.32. The number of nitrogens with zero attached hydrogens (tertiary/aromatic N) is 4. The lowest BCUT2D eigenvalue weighted by molar-refractivity contribution is 0.388. The molecule has 0 unspecified atom stereocenters. The topological polar surface area (TPSA) is 78.4 Å². The molecule has 1 N–H and O–H groups in total. The lowest BCUT2D eigenvalue weighted by Crippen LogP contribution is -2.48. The van der Waals surface area contributed by atoms with Crippen LogP contribution in [0.4, 0.5) is 5.82 Å². The standard InChI is InChI=1S/C13H19N5O2S/c1-2-21(19,20)18-7-5-17(6-8-18)13-11-3-4-14-9-12(11)15-10-16-13/h2,10,14H,1,3-9H2. The molecule has 3 heterocycles. The fraction of sp³-hybridized carbons (Fsp3) is 0.538. The quantitative estimate of drug-likeness (QED) is 0.827. The monoisotopic (exact) mass is 309 g/mol. The summed E-state index contributed by atoms with van der Waals surface area (Å²) in [5, 5.41) is 4.31. The van der Waals surface area contributed by atoms with Crippen LogP contribution in [-0.4, -0.2) is 55.4 Å². The molecule has 0 aromatic carbocycles. The van der Waals surface area contributed by atoms with Gasteiger partial charge >= 0.3 is 0 Å². The SMILES string of the molecule is C=CS(=O)(=O)N1CCN(c2ncnc3c2CCNC3)CC1. The van der Waals surface area contributed by atoms with E-state index < -0.39 is 10.0 Å². The van der Waals surface area contributed by atoms with Gasteiger partial charge in [0.2, 0.25) is 10.0 Å². The van der Waals surface area contributed by atoms with Crippen LogP contribution < -0.4 is 10.2 Å². The van der Waals surface area contributed by atoms with E-state index in [4.69, 9.17) is 0 Å². The summed E-state index contributed by atoms with van der Waals surface area (Å²) in [6.45, 7) is 7.29. The Morgan fingerprint density at radius 1 is 1.24 bits per heavy atom. The van der Waals surface area contributed by atoms with Crippen LogP contribution >= 0.6 is 0 Å². The Morgan fingerprint density at radius 2 is 2.00 bits per heavy atom. The van der Waals surface area contributed by atoms with Crippen LogP contribution in [0, 0.1) is 0 Å². The van der Waals surface area contributed by atoms with Crippen LogP contribution in [0.15, 0.2) is 18.3 Å². The van der Waals surface area contributed by atoms with E-state index in [0.29, 0.717) is 26.2 Å². The van der Waals surface area contributed by atoms with Gasteiger partial charge in [0.25, 0.3) is 0 Å². The fourth-order valence-corrected chi connectivity index (χ4v) is 3.68. The lowest BCUT2D eigenvalue weighted by atomic mass is 10.1. The van der Waals surface area contributed by atoms with Crippen molar-refractivity contribution < 1.29 is 8.42 Å². The van der Waals surface area contributed by atoms with E-state index in [2.05, 4.69) is 26.8 Å². The maximum Gasteiger partial charge on any atom is 0.235 e. The van der Waals surface area contributed by atoms with Crippen molar-refractivity contribution in [1.82, 2.24) is 19.6 Å². The van der Waals surface area contributed by atoms with Gasteiger partial charge < -0.3 is 10.2 Å². The molecule has 114 valence electrons. The molecular weight excluding hydrogens is 290 g/mol. The summed E-state index contributed by atoms with van der Waals surface area (Å²) >= 11 is 0. The summed E-state index contributed by atoms with van der Waals surface area (Å²) in [5.41, 5.74) is 2.24. The summed E-state index contributed by atoms with van der Waals surface area (Å²) in [4.78, 5) is 10.9. The molecule has 0 saturated carbocycles. The molecule has 0 spiro atoms. The summed E-state index contributed by atoms with van der Waals surface area (Å²) < 4.78 is 25.0. The molecule has 2 aliphatic rings. The van der Waals surface area contributed by atoms with E-state index in [1.165, 1.54) is 9.87 Å². The number of piperazine rings is 1. The molecule has 1 aromatic heterocycles. The van der Waals surface area contributed by atoms with Crippen molar-refractivity contribution >= 4 is 15.8 Å². The highest BCUT2D eigenvalue weighted by atomic mass is 32.2. The van der Waals surface area contributed by atoms with Crippen LogP contribution in [-0.2, 0) is 23.0 Å². The van der Waals surface area contributed by atoms with Gasteiger partial charge in [-0.25, -0.2) is 18.4 Å². The number of aromatic nitrogens is 2. The number of anilines is 1. The van der Waals surface area contributed by atoms with Gasteiger partial charge in [-0.05, 0) is 13.0 Å². The van der Waals surface area contributed by atoms with Gasteiger partial charge in [-0.3, -0.25) is 0 Å². The van der Waals surface area contributed by atoms with E-state index in [9.17, 15) is 8.42 Å². The van der Waals surface area contributed by atoms with E-state index in [1.54, 1.807) is 6.33 Å². The van der Waals surface area contributed by atoms with Crippen LogP contribution in [0.1, 0.15) is 11.3 Å². The third kappa shape index (κ3) is 2.78. The van der Waals surface area contributed by atoms with Crippen LogP contribution in [0.3, 0.4) is 0 Å². The number of sulfonamides is 1. The molecular formula is C13H19N5O2S. The second-order valence-electron chi connectivity index (χ2n) is 5.15. The average Bonchev–Trinajstić information content (AvgIpc) is 2.54. The van der Waals surface area contributed by atoms with Crippen molar-refractivity contribution in [3.63, 3.8) is 0 Å². The molecule has 1 saturated heterocycles. The Hall–Kier alpha value is -1.51. The maximum absolute atomic E-state index is 11.8. The van der Waals surface area contributed by atoms with Gasteiger partial charge in [0.15, 0.2) is 0 Å². The molecule has 2 aliphatic heterocycles. The van der Waals surface area contributed by atoms with E-state index in [-0.39, 0.29) is 0 Å². The Morgan fingerprint density at radius 3 is 2.71 bits per heavy atom. The van der Waals surface area contributed by atoms with Crippen molar-refractivity contribution in [3.05, 3.63) is 29.6 Å². The molecule has 0 aliphatic carbocycles. The first kappa shape index (κ1) is 14.4. The summed E-state index contributed by atoms with van der Waals surface area (Å²) in [6, 6.07) is 0. The summed E-state index contributed by atoms with van der Waals surface area (Å²) in [7, 11) is -3.32. The first-order chi connectivity index (χ1) is 10.1. The molecule has 7 nitrogen and oxygen atoms in total. The lowest BCUT2D eigenvalue weighted by Gasteiger charge is -2.35. The minimum absolute atomic E-state index is 0.464. The minimum Gasteiger partial charge on any atom is -0.354 e. The third-order valence-corrected chi connectivity index (χ3v) is 5.47. The van der Waals surface area contributed by atoms with Gasteiger partial charge in [-0.15, -0.1) is 0 Å². The highest BCUT2D eigenvalue weighted by Crippen LogP contribution is 2.24. The Kier molecular flexibility index (Phi) is 3.92. The van der Waals surface area contributed by atoms with Crippen molar-refractivity contribution in [3.8, 4) is 0 Å². The number of fused-ring (bicyclic) bond motifs is 1. The van der Waals surface area contributed by atoms with Crippen molar-refractivity contribution in [1.29, 1.82) is 0 Å². The normalized spacial score (nSPS) is 20.1. The van der Waals surface area contributed by atoms with E-state index >= 15 is 0 Å². The molecule has 0 bridgehead atoms. The number of hydrogen-bond acceptors (Lipinski definition) is 6. The second kappa shape index (κ2) is 5.70. The molecule has 3 rings (SSSR count). The molecule has 21 heavy (non-hydrogen) atoms. The molecule has 0 amide bonds. The summed E-state index contributed by atoms with van der Waals surface area (Å²) in [5.74, 6) is 0.956. The van der Waals surface area contributed by atoms with Crippen LogP contribution in [0.25, 0.3) is 0 Å². The largest absolute Gasteiger partial charge is 0.354 e. The van der Waals surface area contributed by atoms with E-state index in [1.807, 2.05) is 0 Å². The van der Waals surface area contributed by atoms with Gasteiger partial charge in [0.1, 0.15) is 12.1 Å². The number of rotatable bonds is 3. The average molecular weight is 309 g/mol.